The van der Waals surface area contributed by atoms with Gasteiger partial charge in [-0.2, -0.15) is 0 Å². The first-order valence-electron chi connectivity index (χ1n) is 7.24. The molecule has 0 aliphatic carbocycles. The number of rotatable bonds is 5. The Hall–Kier alpha value is -2.93. The number of methoxy groups -OCH3 is 2. The first-order chi connectivity index (χ1) is 11.2. The summed E-state index contributed by atoms with van der Waals surface area (Å²) in [5, 5.41) is 2.78. The predicted molar refractivity (Wildman–Crippen MR) is 89.6 cm³/mol. The van der Waals surface area contributed by atoms with Gasteiger partial charge in [-0.1, -0.05) is 24.0 Å². The second kappa shape index (κ2) is 8.50. The molecule has 0 saturated carbocycles. The van der Waals surface area contributed by atoms with Crippen LogP contribution in [0.15, 0.2) is 48.5 Å². The molecule has 0 atom stereocenters. The zero-order valence-corrected chi connectivity index (χ0v) is 13.3. The van der Waals surface area contributed by atoms with Crippen molar-refractivity contribution in [1.29, 1.82) is 0 Å². The van der Waals surface area contributed by atoms with Gasteiger partial charge in [-0.3, -0.25) is 4.79 Å². The lowest BCUT2D eigenvalue weighted by molar-refractivity contribution is -0.120. The second-order valence-electron chi connectivity index (χ2n) is 4.83. The van der Waals surface area contributed by atoms with E-state index < -0.39 is 0 Å². The normalized spacial score (nSPS) is 9.48. The number of ether oxygens (including phenoxy) is 2. The predicted octanol–water partition coefficient (Wildman–Crippen LogP) is 2.41. The number of amides is 1. The van der Waals surface area contributed by atoms with E-state index in [0.717, 1.165) is 22.6 Å². The van der Waals surface area contributed by atoms with Crippen molar-refractivity contribution in [2.75, 3.05) is 20.8 Å². The molecular weight excluding hydrogens is 290 g/mol. The van der Waals surface area contributed by atoms with Crippen LogP contribution in [0, 0.1) is 11.8 Å². The van der Waals surface area contributed by atoms with Gasteiger partial charge in [0.05, 0.1) is 27.2 Å². The molecule has 0 radical (unpaired) electrons. The van der Waals surface area contributed by atoms with E-state index in [9.17, 15) is 4.79 Å². The van der Waals surface area contributed by atoms with Crippen LogP contribution in [0.2, 0.25) is 0 Å². The monoisotopic (exact) mass is 309 g/mol. The fourth-order valence-electron chi connectivity index (χ4n) is 1.95. The van der Waals surface area contributed by atoms with Crippen molar-refractivity contribution in [3.63, 3.8) is 0 Å². The minimum atomic E-state index is -0.0563. The van der Waals surface area contributed by atoms with E-state index in [1.54, 1.807) is 14.2 Å². The van der Waals surface area contributed by atoms with Gasteiger partial charge in [0.2, 0.25) is 5.91 Å². The summed E-state index contributed by atoms with van der Waals surface area (Å²) in [4.78, 5) is 11.8. The highest BCUT2D eigenvalue weighted by Crippen LogP contribution is 2.11. The Bertz CT molecular complexity index is 694. The van der Waals surface area contributed by atoms with Crippen molar-refractivity contribution in [1.82, 2.24) is 5.32 Å². The van der Waals surface area contributed by atoms with Crippen LogP contribution in [0.3, 0.4) is 0 Å². The first kappa shape index (κ1) is 16.4. The molecule has 0 saturated heterocycles. The number of hydrogen-bond acceptors (Lipinski definition) is 3. The molecule has 118 valence electrons. The maximum absolute atomic E-state index is 11.8. The minimum Gasteiger partial charge on any atom is -0.497 e. The van der Waals surface area contributed by atoms with Gasteiger partial charge in [-0.05, 0) is 42.0 Å². The molecule has 1 N–H and O–H groups in total. The van der Waals surface area contributed by atoms with Gasteiger partial charge in [0, 0.05) is 5.56 Å². The quantitative estimate of drug-likeness (QED) is 0.863. The Morgan fingerprint density at radius 2 is 1.52 bits per heavy atom. The van der Waals surface area contributed by atoms with E-state index in [1.165, 1.54) is 0 Å². The zero-order valence-electron chi connectivity index (χ0n) is 13.3. The molecule has 23 heavy (non-hydrogen) atoms. The summed E-state index contributed by atoms with van der Waals surface area (Å²) in [5.41, 5.74) is 1.82. The van der Waals surface area contributed by atoms with Crippen molar-refractivity contribution >= 4 is 5.91 Å². The van der Waals surface area contributed by atoms with Gasteiger partial charge in [0.1, 0.15) is 11.5 Å². The van der Waals surface area contributed by atoms with Crippen molar-refractivity contribution in [2.24, 2.45) is 0 Å². The third-order valence-electron chi connectivity index (χ3n) is 3.22. The molecule has 0 aliphatic heterocycles. The van der Waals surface area contributed by atoms with Gasteiger partial charge < -0.3 is 14.8 Å². The van der Waals surface area contributed by atoms with Crippen molar-refractivity contribution in [3.8, 4) is 23.3 Å². The maximum Gasteiger partial charge on any atom is 0.225 e. The SMILES string of the molecule is COc1ccc(C#CCNC(=O)Cc2ccc(OC)cc2)cc1. The number of carbonyl (C=O) groups is 1. The largest absolute Gasteiger partial charge is 0.497 e. The van der Waals surface area contributed by atoms with E-state index in [4.69, 9.17) is 9.47 Å². The first-order valence-corrected chi connectivity index (χ1v) is 7.24. The van der Waals surface area contributed by atoms with E-state index in [0.29, 0.717) is 13.0 Å². The fourth-order valence-corrected chi connectivity index (χ4v) is 1.95. The molecule has 4 heteroatoms. The number of nitrogens with one attached hydrogen (secondary N) is 1. The summed E-state index contributed by atoms with van der Waals surface area (Å²) in [6.07, 6.45) is 0.328. The number of benzene rings is 2. The number of hydrogen-bond donors (Lipinski definition) is 1. The van der Waals surface area contributed by atoms with Crippen LogP contribution in [0.5, 0.6) is 11.5 Å². The molecule has 2 rings (SSSR count). The lowest BCUT2D eigenvalue weighted by Crippen LogP contribution is -2.25. The fraction of sp³-hybridized carbons (Fsp3) is 0.211. The average Bonchev–Trinajstić information content (AvgIpc) is 2.60. The molecule has 2 aromatic rings. The van der Waals surface area contributed by atoms with Crippen LogP contribution < -0.4 is 14.8 Å². The summed E-state index contributed by atoms with van der Waals surface area (Å²) in [6, 6.07) is 14.9. The number of carbonyl (C=O) groups excluding carboxylic acids is 1. The molecule has 0 aliphatic rings. The summed E-state index contributed by atoms with van der Waals surface area (Å²) in [7, 11) is 3.24. The Labute approximate surface area is 136 Å². The standard InChI is InChI=1S/C19H19NO3/c1-22-17-9-5-15(6-10-17)4-3-13-20-19(21)14-16-7-11-18(23-2)12-8-16/h5-12H,13-14H2,1-2H3,(H,20,21). The van der Waals surface area contributed by atoms with Crippen LogP contribution in [-0.4, -0.2) is 26.7 Å². The summed E-state index contributed by atoms with van der Waals surface area (Å²) in [6.45, 7) is 0.320. The van der Waals surface area contributed by atoms with Gasteiger partial charge in [-0.15, -0.1) is 0 Å². The molecular formula is C19H19NO3. The van der Waals surface area contributed by atoms with Crippen LogP contribution >= 0.6 is 0 Å². The van der Waals surface area contributed by atoms with Crippen molar-refractivity contribution < 1.29 is 14.3 Å². The van der Waals surface area contributed by atoms with Crippen LogP contribution in [-0.2, 0) is 11.2 Å². The van der Waals surface area contributed by atoms with Crippen LogP contribution in [0.25, 0.3) is 0 Å². The molecule has 0 fully saturated rings. The Morgan fingerprint density at radius 1 is 0.957 bits per heavy atom. The average molecular weight is 309 g/mol. The molecule has 0 spiro atoms. The maximum atomic E-state index is 11.8. The van der Waals surface area contributed by atoms with E-state index in [2.05, 4.69) is 17.2 Å². The van der Waals surface area contributed by atoms with Gasteiger partial charge in [0.25, 0.3) is 0 Å². The summed E-state index contributed by atoms with van der Waals surface area (Å²) < 4.78 is 10.2. The molecule has 0 heterocycles. The molecule has 0 aromatic heterocycles. The van der Waals surface area contributed by atoms with E-state index in [-0.39, 0.29) is 5.91 Å². The summed E-state index contributed by atoms with van der Waals surface area (Å²) >= 11 is 0. The van der Waals surface area contributed by atoms with Gasteiger partial charge in [-0.25, -0.2) is 0 Å². The Balaban J connectivity index is 1.78. The summed E-state index contributed by atoms with van der Waals surface area (Å²) in [5.74, 6) is 7.44. The topological polar surface area (TPSA) is 47.6 Å². The highest BCUT2D eigenvalue weighted by Gasteiger charge is 2.02. The second-order valence-corrected chi connectivity index (χ2v) is 4.83. The van der Waals surface area contributed by atoms with Crippen molar-refractivity contribution in [3.05, 3.63) is 59.7 Å². The zero-order chi connectivity index (χ0) is 16.5. The van der Waals surface area contributed by atoms with Crippen LogP contribution in [0.1, 0.15) is 11.1 Å². The Kier molecular flexibility index (Phi) is 6.07. The van der Waals surface area contributed by atoms with Gasteiger partial charge in [0.15, 0.2) is 0 Å². The molecule has 4 nitrogen and oxygen atoms in total. The van der Waals surface area contributed by atoms with E-state index >= 15 is 0 Å². The molecule has 0 bridgehead atoms. The molecule has 2 aromatic carbocycles. The third-order valence-corrected chi connectivity index (χ3v) is 3.22. The van der Waals surface area contributed by atoms with E-state index in [1.807, 2.05) is 48.5 Å². The lowest BCUT2D eigenvalue weighted by atomic mass is 10.1. The highest BCUT2D eigenvalue weighted by atomic mass is 16.5. The smallest absolute Gasteiger partial charge is 0.225 e. The lowest BCUT2D eigenvalue weighted by Gasteiger charge is -2.03. The van der Waals surface area contributed by atoms with Crippen molar-refractivity contribution in [2.45, 2.75) is 6.42 Å². The third kappa shape index (κ3) is 5.40. The highest BCUT2D eigenvalue weighted by molar-refractivity contribution is 5.78. The molecule has 1 amide bonds. The van der Waals surface area contributed by atoms with Crippen LogP contribution in [0.4, 0.5) is 0 Å². The minimum absolute atomic E-state index is 0.0563. The molecule has 0 unspecified atom stereocenters. The van der Waals surface area contributed by atoms with Gasteiger partial charge >= 0.3 is 0 Å². The Morgan fingerprint density at radius 3 is 2.09 bits per heavy atom.